The van der Waals surface area contributed by atoms with Crippen LogP contribution in [0, 0.1) is 27.3 Å². The van der Waals surface area contributed by atoms with Gasteiger partial charge in [-0.2, -0.15) is 13.8 Å². The Balaban J connectivity index is 0.856. The number of H-pyrrole nitrogens is 1. The lowest BCUT2D eigenvalue weighted by molar-refractivity contribution is -0.386. The number of aliphatic hydroxyl groups is 1. The number of anilines is 1. The van der Waals surface area contributed by atoms with Crippen LogP contribution in [-0.2, 0) is 22.5 Å². The molecule has 0 unspecified atom stereocenters. The first-order chi connectivity index (χ1) is 37.6. The molecule has 0 radical (unpaired) electrons. The Morgan fingerprint density at radius 2 is 1.73 bits per heavy atom. The number of aromatic nitrogens is 4. The van der Waals surface area contributed by atoms with E-state index >= 15 is 0 Å². The first-order valence-corrected chi connectivity index (χ1v) is 28.3. The summed E-state index contributed by atoms with van der Waals surface area (Å²) in [6.07, 6.45) is 9.60. The smallest absolute Gasteiger partial charge is 0.332 e. The van der Waals surface area contributed by atoms with Gasteiger partial charge in [0.1, 0.15) is 27.8 Å². The quantitative estimate of drug-likeness (QED) is 0.0572. The van der Waals surface area contributed by atoms with E-state index in [-0.39, 0.29) is 69.5 Å². The maximum atomic E-state index is 14.9. The van der Waals surface area contributed by atoms with Gasteiger partial charge in [-0.1, -0.05) is 38.1 Å². The zero-order chi connectivity index (χ0) is 56.0. The van der Waals surface area contributed by atoms with E-state index in [2.05, 4.69) is 72.7 Å². The van der Waals surface area contributed by atoms with Crippen LogP contribution in [-0.4, -0.2) is 112 Å². The maximum Gasteiger partial charge on any atom is 0.332 e. The Morgan fingerprint density at radius 1 is 0.987 bits per heavy atom. The number of methoxy groups -OCH3 is 1. The SMILES string of the molecule is COc1nc2[nH]cc(F)c2cc1Oc1cc(N2CCC3(CC2)CC(N2CCN(Cc4ccnc(C(C)(F)F)c4)C[C@H]2c2ccccc2C(C)C)C3)ccc1C(=O)NS(=O)(=O)c1cnc(OCC2CCC(C)(O)CC2)c([N+](=O)[O-])c1. The molecule has 3 N–H and O–H groups in total. The van der Waals surface area contributed by atoms with Crippen LogP contribution in [0.4, 0.5) is 24.5 Å². The fourth-order valence-electron chi connectivity index (χ4n) is 12.0. The summed E-state index contributed by atoms with van der Waals surface area (Å²) < 4.78 is 90.8. The highest BCUT2D eigenvalue weighted by Crippen LogP contribution is 2.54. The Morgan fingerprint density at radius 3 is 2.44 bits per heavy atom. The van der Waals surface area contributed by atoms with E-state index in [4.69, 9.17) is 14.2 Å². The molecule has 2 saturated heterocycles. The van der Waals surface area contributed by atoms with Crippen LogP contribution >= 0.6 is 0 Å². The molecule has 2 aliphatic heterocycles. The molecule has 420 valence electrons. The molecular weight excluding hydrogens is 1040 g/mol. The number of hydrogen-bond acceptors (Lipinski definition) is 15. The standard InChI is InChI=1S/C57H66F3N9O9S/c1-35(2)41-8-6-7-9-42(41)47-33-66(32-37-14-19-61-50(24-37)56(4,59)60)22-23-68(47)39-28-57(29-39)17-20-67(21-18-57)38-10-11-43(48(25-38)78-49-27-44-45(58)31-62-51(44)64-54(49)76-5)52(70)65-79(74,75)40-26-46(69(72)73)53(63-30-40)77-34-36-12-15-55(3,71)16-13-36/h6-11,14,19,24-27,30-31,35-36,39,47,71H,12-13,15-18,20-23,28-29,32-34H2,1-5H3,(H,62,64)(H,65,70)/t36?,47-,55?/m0/s1. The molecule has 4 aliphatic rings. The van der Waals surface area contributed by atoms with Gasteiger partial charge in [0.2, 0.25) is 0 Å². The van der Waals surface area contributed by atoms with E-state index in [9.17, 15) is 41.6 Å². The van der Waals surface area contributed by atoms with Gasteiger partial charge in [0.25, 0.3) is 33.6 Å². The molecule has 6 heterocycles. The number of nitrogens with zero attached hydrogens (tertiary/aromatic N) is 7. The first kappa shape index (κ1) is 55.4. The van der Waals surface area contributed by atoms with Crippen molar-refractivity contribution < 1.29 is 50.6 Å². The van der Waals surface area contributed by atoms with E-state index < -0.39 is 48.8 Å². The van der Waals surface area contributed by atoms with Crippen molar-refractivity contribution in [2.75, 3.05) is 51.3 Å². The van der Waals surface area contributed by atoms with Crippen molar-refractivity contribution in [2.24, 2.45) is 11.3 Å². The predicted octanol–water partition coefficient (Wildman–Crippen LogP) is 10.2. The summed E-state index contributed by atoms with van der Waals surface area (Å²) in [6, 6.07) is 19.3. The van der Waals surface area contributed by atoms with Crippen molar-refractivity contribution in [1.29, 1.82) is 0 Å². The number of alkyl halides is 2. The second-order valence-corrected chi connectivity index (χ2v) is 24.2. The third-order valence-corrected chi connectivity index (χ3v) is 17.8. The third-order valence-electron chi connectivity index (χ3n) is 16.5. The number of carbonyl (C=O) groups excluding carboxylic acids is 1. The lowest BCUT2D eigenvalue weighted by atomic mass is 9.59. The van der Waals surface area contributed by atoms with Gasteiger partial charge in [-0.15, -0.1) is 0 Å². The number of fused-ring (bicyclic) bond motifs is 1. The highest BCUT2D eigenvalue weighted by molar-refractivity contribution is 7.90. The minimum atomic E-state index is -4.80. The number of amides is 1. The number of nitrogens with one attached hydrogen (secondary N) is 2. The Hall–Kier alpha value is -6.88. The fourth-order valence-corrected chi connectivity index (χ4v) is 12.9. The molecule has 1 amide bonds. The van der Waals surface area contributed by atoms with Gasteiger partial charge in [-0.05, 0) is 116 Å². The Bertz CT molecular complexity index is 3350. The molecular formula is C57H66F3N9O9S. The summed E-state index contributed by atoms with van der Waals surface area (Å²) in [6.45, 7) is 11.4. The average Bonchev–Trinajstić information content (AvgIpc) is 3.94. The second kappa shape index (κ2) is 22.0. The molecule has 18 nitrogen and oxygen atoms in total. The van der Waals surface area contributed by atoms with Crippen molar-refractivity contribution in [3.8, 4) is 23.3 Å². The van der Waals surface area contributed by atoms with E-state index in [1.54, 1.807) is 19.1 Å². The number of sulfonamides is 1. The number of carbonyl (C=O) groups is 1. The number of aromatic amines is 1. The molecule has 2 aromatic carbocycles. The van der Waals surface area contributed by atoms with Gasteiger partial charge in [0, 0.05) is 94.6 Å². The van der Waals surface area contributed by atoms with Crippen LogP contribution in [0.5, 0.6) is 23.3 Å². The van der Waals surface area contributed by atoms with Crippen LogP contribution in [0.3, 0.4) is 0 Å². The molecule has 1 spiro atoms. The van der Waals surface area contributed by atoms with Crippen molar-refractivity contribution in [1.82, 2.24) is 34.5 Å². The van der Waals surface area contributed by atoms with Gasteiger partial charge in [-0.25, -0.2) is 22.5 Å². The van der Waals surface area contributed by atoms with Crippen LogP contribution in [0.2, 0.25) is 0 Å². The lowest BCUT2D eigenvalue weighted by Gasteiger charge is -2.58. The number of pyridine rings is 3. The molecule has 0 bridgehead atoms. The summed E-state index contributed by atoms with van der Waals surface area (Å²) >= 11 is 0. The third kappa shape index (κ3) is 12.0. The highest BCUT2D eigenvalue weighted by Gasteiger charge is 2.50. The molecule has 10 rings (SSSR count). The Kier molecular flexibility index (Phi) is 15.4. The minimum absolute atomic E-state index is 0.00610. The first-order valence-electron chi connectivity index (χ1n) is 26.8. The van der Waals surface area contributed by atoms with E-state index in [1.807, 2.05) is 10.8 Å². The predicted molar refractivity (Wildman–Crippen MR) is 289 cm³/mol. The van der Waals surface area contributed by atoms with Crippen LogP contribution < -0.4 is 23.8 Å². The minimum Gasteiger partial charge on any atom is -0.478 e. The van der Waals surface area contributed by atoms with Crippen molar-refractivity contribution >= 4 is 38.3 Å². The maximum absolute atomic E-state index is 14.9. The second-order valence-electron chi connectivity index (χ2n) is 22.5. The summed E-state index contributed by atoms with van der Waals surface area (Å²) in [5.41, 5.74) is 2.38. The van der Waals surface area contributed by atoms with Gasteiger partial charge in [0.15, 0.2) is 5.75 Å². The summed E-state index contributed by atoms with van der Waals surface area (Å²) in [4.78, 5) is 47.1. The summed E-state index contributed by atoms with van der Waals surface area (Å²) in [7, 11) is -3.45. The number of benzene rings is 2. The van der Waals surface area contributed by atoms with Gasteiger partial charge in [0.05, 0.1) is 41.4 Å². The summed E-state index contributed by atoms with van der Waals surface area (Å²) in [5, 5.41) is 22.6. The van der Waals surface area contributed by atoms with Gasteiger partial charge >= 0.3 is 5.69 Å². The topological polar surface area (TPSA) is 218 Å². The Labute approximate surface area is 456 Å². The number of piperazine rings is 1. The number of hydrogen-bond donors (Lipinski definition) is 3. The van der Waals surface area contributed by atoms with Gasteiger partial charge < -0.3 is 29.2 Å². The lowest BCUT2D eigenvalue weighted by Crippen LogP contribution is -2.60. The summed E-state index contributed by atoms with van der Waals surface area (Å²) in [5.74, 6) is -5.04. The largest absolute Gasteiger partial charge is 0.478 e. The molecule has 2 aliphatic carbocycles. The average molecular weight is 1110 g/mol. The molecule has 4 fully saturated rings. The van der Waals surface area contributed by atoms with Crippen molar-refractivity contribution in [2.45, 2.75) is 120 Å². The number of ether oxygens (including phenoxy) is 3. The number of halogens is 3. The molecule has 4 aromatic heterocycles. The number of piperidine rings is 1. The molecule has 1 atom stereocenters. The van der Waals surface area contributed by atoms with Crippen molar-refractivity contribution in [3.63, 3.8) is 0 Å². The number of nitro groups is 1. The molecule has 2 saturated carbocycles. The van der Waals surface area contributed by atoms with Gasteiger partial charge in [-0.3, -0.25) is 29.7 Å². The molecule has 79 heavy (non-hydrogen) atoms. The number of rotatable bonds is 17. The van der Waals surface area contributed by atoms with Crippen LogP contribution in [0.15, 0.2) is 90.2 Å². The van der Waals surface area contributed by atoms with E-state index in [0.29, 0.717) is 63.0 Å². The monoisotopic (exact) mass is 1110 g/mol. The highest BCUT2D eigenvalue weighted by atomic mass is 32.2. The zero-order valence-corrected chi connectivity index (χ0v) is 45.7. The van der Waals surface area contributed by atoms with E-state index in [1.165, 1.54) is 42.6 Å². The normalized spacial score (nSPS) is 21.3. The zero-order valence-electron chi connectivity index (χ0n) is 44.9. The molecule has 6 aromatic rings. The fraction of sp³-hybridized carbons (Fsp3) is 0.474. The van der Waals surface area contributed by atoms with E-state index in [0.717, 1.165) is 76.3 Å². The molecule has 22 heteroatoms. The van der Waals surface area contributed by atoms with Crippen molar-refractivity contribution in [3.05, 3.63) is 129 Å². The van der Waals surface area contributed by atoms with Crippen LogP contribution in [0.1, 0.15) is 124 Å². The van der Waals surface area contributed by atoms with Crippen LogP contribution in [0.25, 0.3) is 11.0 Å².